The standard InChI is InChI=1S/C12H17ClO3S/c1-17(15,16)6-5-11(9-14)7-10-3-2-4-12(13)8-10/h2-4,8,11,14H,5-7,9H2,1H3. The number of hydrogen-bond donors (Lipinski definition) is 1. The largest absolute Gasteiger partial charge is 0.396 e. The monoisotopic (exact) mass is 276 g/mol. The summed E-state index contributed by atoms with van der Waals surface area (Å²) >= 11 is 5.86. The van der Waals surface area contributed by atoms with Crippen molar-refractivity contribution in [2.45, 2.75) is 12.8 Å². The van der Waals surface area contributed by atoms with Crippen LogP contribution < -0.4 is 0 Å². The van der Waals surface area contributed by atoms with E-state index in [-0.39, 0.29) is 18.3 Å². The molecule has 1 unspecified atom stereocenters. The van der Waals surface area contributed by atoms with Gasteiger partial charge in [-0.25, -0.2) is 8.42 Å². The summed E-state index contributed by atoms with van der Waals surface area (Å²) in [6.07, 6.45) is 2.33. The van der Waals surface area contributed by atoms with E-state index in [0.717, 1.165) is 5.56 Å². The van der Waals surface area contributed by atoms with Crippen LogP contribution in [0.1, 0.15) is 12.0 Å². The first kappa shape index (κ1) is 14.5. The Bertz CT molecular complexity index is 457. The zero-order valence-corrected chi connectivity index (χ0v) is 11.3. The van der Waals surface area contributed by atoms with Crippen molar-refractivity contribution in [3.8, 4) is 0 Å². The highest BCUT2D eigenvalue weighted by molar-refractivity contribution is 7.90. The number of rotatable bonds is 6. The summed E-state index contributed by atoms with van der Waals surface area (Å²) in [4.78, 5) is 0. The molecule has 1 N–H and O–H groups in total. The van der Waals surface area contributed by atoms with Crippen LogP contribution in [0.25, 0.3) is 0 Å². The lowest BCUT2D eigenvalue weighted by Crippen LogP contribution is -2.15. The van der Waals surface area contributed by atoms with Gasteiger partial charge in [0, 0.05) is 17.9 Å². The second kappa shape index (κ2) is 6.38. The van der Waals surface area contributed by atoms with Gasteiger partial charge in [0.05, 0.1) is 5.75 Å². The van der Waals surface area contributed by atoms with Gasteiger partial charge in [0.15, 0.2) is 0 Å². The lowest BCUT2D eigenvalue weighted by molar-refractivity contribution is 0.222. The van der Waals surface area contributed by atoms with Crippen molar-refractivity contribution in [3.05, 3.63) is 34.9 Å². The summed E-state index contributed by atoms with van der Waals surface area (Å²) in [6.45, 7) is -0.0119. The van der Waals surface area contributed by atoms with E-state index in [1.54, 1.807) is 6.07 Å². The number of halogens is 1. The molecule has 17 heavy (non-hydrogen) atoms. The second-order valence-corrected chi connectivity index (χ2v) is 7.00. The van der Waals surface area contributed by atoms with Gasteiger partial charge in [-0.15, -0.1) is 0 Å². The van der Waals surface area contributed by atoms with Crippen molar-refractivity contribution in [2.24, 2.45) is 5.92 Å². The molecule has 0 aliphatic carbocycles. The average molecular weight is 277 g/mol. The lowest BCUT2D eigenvalue weighted by Gasteiger charge is -2.13. The van der Waals surface area contributed by atoms with E-state index in [1.165, 1.54) is 6.26 Å². The van der Waals surface area contributed by atoms with Crippen LogP contribution in [0.2, 0.25) is 5.02 Å². The van der Waals surface area contributed by atoms with Crippen LogP contribution >= 0.6 is 11.6 Å². The quantitative estimate of drug-likeness (QED) is 0.864. The van der Waals surface area contributed by atoms with Crippen LogP contribution in [0.15, 0.2) is 24.3 Å². The molecule has 0 saturated heterocycles. The van der Waals surface area contributed by atoms with E-state index >= 15 is 0 Å². The minimum Gasteiger partial charge on any atom is -0.396 e. The van der Waals surface area contributed by atoms with Crippen LogP contribution in [0.4, 0.5) is 0 Å². The first-order valence-corrected chi connectivity index (χ1v) is 7.87. The summed E-state index contributed by atoms with van der Waals surface area (Å²) in [5.41, 5.74) is 1.02. The third-order valence-corrected chi connectivity index (χ3v) is 3.78. The predicted octanol–water partition coefficient (Wildman–Crippen LogP) is 1.93. The minimum atomic E-state index is -2.97. The zero-order chi connectivity index (χ0) is 12.9. The molecular formula is C12H17ClO3S. The molecule has 0 bridgehead atoms. The maximum Gasteiger partial charge on any atom is 0.147 e. The Hall–Kier alpha value is -0.580. The normalized spacial score (nSPS) is 13.6. The Morgan fingerprint density at radius 2 is 2.12 bits per heavy atom. The maximum atomic E-state index is 11.1. The van der Waals surface area contributed by atoms with Gasteiger partial charge in [-0.3, -0.25) is 0 Å². The Balaban J connectivity index is 2.58. The van der Waals surface area contributed by atoms with E-state index in [0.29, 0.717) is 17.9 Å². The van der Waals surface area contributed by atoms with E-state index in [1.807, 2.05) is 18.2 Å². The van der Waals surface area contributed by atoms with E-state index in [4.69, 9.17) is 11.6 Å². The minimum absolute atomic E-state index is 0.0119. The van der Waals surface area contributed by atoms with Gasteiger partial charge >= 0.3 is 0 Å². The van der Waals surface area contributed by atoms with Crippen LogP contribution in [0.5, 0.6) is 0 Å². The molecule has 0 radical (unpaired) electrons. The topological polar surface area (TPSA) is 54.4 Å². The van der Waals surface area contributed by atoms with Gasteiger partial charge in [0.25, 0.3) is 0 Å². The van der Waals surface area contributed by atoms with E-state index in [2.05, 4.69) is 0 Å². The van der Waals surface area contributed by atoms with Crippen molar-refractivity contribution in [3.63, 3.8) is 0 Å². The highest BCUT2D eigenvalue weighted by Crippen LogP contribution is 2.16. The Labute approximate surface area is 107 Å². The average Bonchev–Trinajstić information content (AvgIpc) is 2.23. The Morgan fingerprint density at radius 3 is 2.65 bits per heavy atom. The Kier molecular flexibility index (Phi) is 5.43. The number of aliphatic hydroxyl groups excluding tert-OH is 1. The molecule has 0 fully saturated rings. The molecule has 0 aliphatic rings. The molecule has 96 valence electrons. The SMILES string of the molecule is CS(=O)(=O)CCC(CO)Cc1cccc(Cl)c1. The highest BCUT2D eigenvalue weighted by Gasteiger charge is 2.12. The van der Waals surface area contributed by atoms with Gasteiger partial charge in [-0.1, -0.05) is 23.7 Å². The molecule has 5 heteroatoms. The molecule has 3 nitrogen and oxygen atoms in total. The third kappa shape index (κ3) is 6.05. The molecule has 0 aliphatic heterocycles. The first-order chi connectivity index (χ1) is 7.90. The van der Waals surface area contributed by atoms with Gasteiger partial charge in [0.1, 0.15) is 9.84 Å². The molecule has 0 aromatic heterocycles. The van der Waals surface area contributed by atoms with Crippen LogP contribution in [0.3, 0.4) is 0 Å². The molecule has 1 aromatic carbocycles. The van der Waals surface area contributed by atoms with Gasteiger partial charge < -0.3 is 5.11 Å². The fraction of sp³-hybridized carbons (Fsp3) is 0.500. The number of aliphatic hydroxyl groups is 1. The number of benzene rings is 1. The molecule has 0 heterocycles. The van der Waals surface area contributed by atoms with Gasteiger partial charge in [-0.2, -0.15) is 0 Å². The molecule has 1 rings (SSSR count). The number of hydrogen-bond acceptors (Lipinski definition) is 3. The molecule has 1 atom stereocenters. The second-order valence-electron chi connectivity index (χ2n) is 4.30. The van der Waals surface area contributed by atoms with Gasteiger partial charge in [-0.05, 0) is 36.5 Å². The van der Waals surface area contributed by atoms with Crippen molar-refractivity contribution < 1.29 is 13.5 Å². The van der Waals surface area contributed by atoms with Crippen LogP contribution in [-0.2, 0) is 16.3 Å². The highest BCUT2D eigenvalue weighted by atomic mass is 35.5. The Morgan fingerprint density at radius 1 is 1.41 bits per heavy atom. The summed E-state index contributed by atoms with van der Waals surface area (Å²) in [5, 5.41) is 9.88. The lowest BCUT2D eigenvalue weighted by atomic mass is 9.98. The zero-order valence-electron chi connectivity index (χ0n) is 9.77. The van der Waals surface area contributed by atoms with Crippen LogP contribution in [0, 0.1) is 5.92 Å². The van der Waals surface area contributed by atoms with Crippen molar-refractivity contribution in [2.75, 3.05) is 18.6 Å². The van der Waals surface area contributed by atoms with Crippen LogP contribution in [-0.4, -0.2) is 32.1 Å². The summed E-state index contributed by atoms with van der Waals surface area (Å²) in [7, 11) is -2.97. The van der Waals surface area contributed by atoms with E-state index in [9.17, 15) is 13.5 Å². The molecule has 0 spiro atoms. The third-order valence-electron chi connectivity index (χ3n) is 2.57. The van der Waals surface area contributed by atoms with Crippen molar-refractivity contribution in [1.82, 2.24) is 0 Å². The van der Waals surface area contributed by atoms with Gasteiger partial charge in [0.2, 0.25) is 0 Å². The summed E-state index contributed by atoms with van der Waals surface area (Å²) in [6, 6.07) is 7.40. The van der Waals surface area contributed by atoms with Crippen molar-refractivity contribution >= 4 is 21.4 Å². The maximum absolute atomic E-state index is 11.1. The molecular weight excluding hydrogens is 260 g/mol. The first-order valence-electron chi connectivity index (χ1n) is 5.44. The molecule has 1 aromatic rings. The number of sulfone groups is 1. The predicted molar refractivity (Wildman–Crippen MR) is 70.1 cm³/mol. The fourth-order valence-electron chi connectivity index (χ4n) is 1.64. The molecule has 0 amide bonds. The van der Waals surface area contributed by atoms with Crippen molar-refractivity contribution in [1.29, 1.82) is 0 Å². The summed E-state index contributed by atoms with van der Waals surface area (Å²) in [5.74, 6) is 0.0712. The molecule has 0 saturated carbocycles. The summed E-state index contributed by atoms with van der Waals surface area (Å²) < 4.78 is 22.1. The van der Waals surface area contributed by atoms with E-state index < -0.39 is 9.84 Å². The fourth-order valence-corrected chi connectivity index (χ4v) is 2.61. The smallest absolute Gasteiger partial charge is 0.147 e.